The molecular formula is C16H21BrN2O5. The molecule has 0 heterocycles. The first kappa shape index (κ1) is 20.0. The van der Waals surface area contributed by atoms with Gasteiger partial charge < -0.3 is 19.7 Å². The van der Waals surface area contributed by atoms with Crippen LogP contribution in [0.1, 0.15) is 24.2 Å². The predicted molar refractivity (Wildman–Crippen MR) is 91.9 cm³/mol. The number of nitrogens with one attached hydrogen (secondary N) is 1. The molecule has 0 aromatic heterocycles. The first-order valence-corrected chi connectivity index (χ1v) is 8.27. The SMILES string of the molecule is CCNC(=O)CN(CC)C(=O)COC(=O)c1cc(OC)ccc1Br. The molecule has 1 aromatic rings. The zero-order valence-corrected chi connectivity index (χ0v) is 15.5. The molecule has 0 unspecified atom stereocenters. The minimum Gasteiger partial charge on any atom is -0.497 e. The average molecular weight is 401 g/mol. The van der Waals surface area contributed by atoms with Crippen molar-refractivity contribution < 1.29 is 23.9 Å². The number of amides is 2. The van der Waals surface area contributed by atoms with Gasteiger partial charge in [-0.3, -0.25) is 9.59 Å². The summed E-state index contributed by atoms with van der Waals surface area (Å²) in [6.07, 6.45) is 0. The molecule has 132 valence electrons. The number of hydrogen-bond donors (Lipinski definition) is 1. The summed E-state index contributed by atoms with van der Waals surface area (Å²) in [6.45, 7) is 3.88. The van der Waals surface area contributed by atoms with Crippen LogP contribution < -0.4 is 10.1 Å². The molecule has 0 aliphatic heterocycles. The molecule has 0 bridgehead atoms. The minimum atomic E-state index is -0.650. The second-order valence-electron chi connectivity index (χ2n) is 4.78. The monoisotopic (exact) mass is 400 g/mol. The summed E-state index contributed by atoms with van der Waals surface area (Å²) in [5.41, 5.74) is 0.258. The molecule has 2 amide bonds. The van der Waals surface area contributed by atoms with Gasteiger partial charge in [-0.15, -0.1) is 0 Å². The Labute approximate surface area is 149 Å². The van der Waals surface area contributed by atoms with Crippen molar-refractivity contribution in [3.63, 3.8) is 0 Å². The zero-order valence-electron chi connectivity index (χ0n) is 13.9. The lowest BCUT2D eigenvalue weighted by Gasteiger charge is -2.20. The molecular weight excluding hydrogens is 380 g/mol. The molecule has 0 saturated carbocycles. The smallest absolute Gasteiger partial charge is 0.339 e. The summed E-state index contributed by atoms with van der Waals surface area (Å²) in [5.74, 6) is -0.836. The lowest BCUT2D eigenvalue weighted by molar-refractivity contribution is -0.138. The number of ether oxygens (including phenoxy) is 2. The number of esters is 1. The molecule has 1 aromatic carbocycles. The molecule has 8 heteroatoms. The van der Waals surface area contributed by atoms with Gasteiger partial charge in [-0.05, 0) is 48.0 Å². The van der Waals surface area contributed by atoms with E-state index in [0.29, 0.717) is 23.3 Å². The quantitative estimate of drug-likeness (QED) is 0.669. The highest BCUT2D eigenvalue weighted by Gasteiger charge is 2.19. The summed E-state index contributed by atoms with van der Waals surface area (Å²) < 4.78 is 10.6. The molecule has 0 spiro atoms. The third-order valence-corrected chi connectivity index (χ3v) is 3.85. The van der Waals surface area contributed by atoms with Gasteiger partial charge in [0.1, 0.15) is 5.75 Å². The fourth-order valence-corrected chi connectivity index (χ4v) is 2.30. The number of methoxy groups -OCH3 is 1. The Morgan fingerprint density at radius 2 is 1.96 bits per heavy atom. The number of rotatable bonds is 8. The summed E-state index contributed by atoms with van der Waals surface area (Å²) in [7, 11) is 1.49. The highest BCUT2D eigenvalue weighted by atomic mass is 79.9. The van der Waals surface area contributed by atoms with Crippen LogP contribution in [-0.2, 0) is 14.3 Å². The molecule has 1 N–H and O–H groups in total. The third-order valence-electron chi connectivity index (χ3n) is 3.16. The number of carbonyl (C=O) groups excluding carboxylic acids is 3. The van der Waals surface area contributed by atoms with Crippen LogP contribution in [0.25, 0.3) is 0 Å². The fraction of sp³-hybridized carbons (Fsp3) is 0.438. The van der Waals surface area contributed by atoms with Gasteiger partial charge in [0, 0.05) is 17.6 Å². The maximum Gasteiger partial charge on any atom is 0.339 e. The van der Waals surface area contributed by atoms with Gasteiger partial charge in [-0.1, -0.05) is 0 Å². The van der Waals surface area contributed by atoms with E-state index in [-0.39, 0.29) is 18.0 Å². The van der Waals surface area contributed by atoms with Crippen LogP contribution in [-0.4, -0.2) is 56.0 Å². The average Bonchev–Trinajstić information content (AvgIpc) is 2.57. The molecule has 0 aliphatic rings. The van der Waals surface area contributed by atoms with Crippen molar-refractivity contribution in [3.8, 4) is 5.75 Å². The Morgan fingerprint density at radius 3 is 2.54 bits per heavy atom. The normalized spacial score (nSPS) is 10.0. The number of benzene rings is 1. The van der Waals surface area contributed by atoms with Crippen LogP contribution in [0, 0.1) is 0 Å². The van der Waals surface area contributed by atoms with Crippen LogP contribution >= 0.6 is 15.9 Å². The summed E-state index contributed by atoms with van der Waals surface area (Å²) in [5, 5.41) is 2.62. The van der Waals surface area contributed by atoms with Crippen molar-refractivity contribution in [2.24, 2.45) is 0 Å². The van der Waals surface area contributed by atoms with Crippen LogP contribution in [0.3, 0.4) is 0 Å². The van der Waals surface area contributed by atoms with Crippen molar-refractivity contribution in [2.75, 3.05) is 33.4 Å². The Bertz CT molecular complexity index is 606. The minimum absolute atomic E-state index is 0.0659. The summed E-state index contributed by atoms with van der Waals surface area (Å²) in [4.78, 5) is 37.1. The summed E-state index contributed by atoms with van der Waals surface area (Å²) in [6, 6.07) is 4.87. The molecule has 0 fully saturated rings. The molecule has 7 nitrogen and oxygen atoms in total. The number of halogens is 1. The topological polar surface area (TPSA) is 84.9 Å². The van der Waals surface area contributed by atoms with Crippen molar-refractivity contribution >= 4 is 33.7 Å². The highest BCUT2D eigenvalue weighted by Crippen LogP contribution is 2.23. The lowest BCUT2D eigenvalue weighted by atomic mass is 10.2. The van der Waals surface area contributed by atoms with Crippen molar-refractivity contribution in [3.05, 3.63) is 28.2 Å². The Morgan fingerprint density at radius 1 is 1.25 bits per heavy atom. The van der Waals surface area contributed by atoms with Crippen LogP contribution in [0.15, 0.2) is 22.7 Å². The van der Waals surface area contributed by atoms with Crippen LogP contribution in [0.2, 0.25) is 0 Å². The van der Waals surface area contributed by atoms with Gasteiger partial charge in [0.25, 0.3) is 5.91 Å². The number of carbonyl (C=O) groups is 3. The third kappa shape index (κ3) is 5.84. The molecule has 0 aliphatic carbocycles. The first-order valence-electron chi connectivity index (χ1n) is 7.48. The van der Waals surface area contributed by atoms with E-state index >= 15 is 0 Å². The van der Waals surface area contributed by atoms with Crippen molar-refractivity contribution in [1.82, 2.24) is 10.2 Å². The Balaban J connectivity index is 2.65. The Hall–Kier alpha value is -2.09. The van der Waals surface area contributed by atoms with Gasteiger partial charge in [0.2, 0.25) is 5.91 Å². The number of hydrogen-bond acceptors (Lipinski definition) is 5. The van der Waals surface area contributed by atoms with Gasteiger partial charge in [-0.25, -0.2) is 4.79 Å². The van der Waals surface area contributed by atoms with E-state index < -0.39 is 18.5 Å². The Kier molecular flexibility index (Phi) is 8.25. The maximum absolute atomic E-state index is 12.1. The van der Waals surface area contributed by atoms with E-state index in [4.69, 9.17) is 9.47 Å². The van der Waals surface area contributed by atoms with E-state index in [1.54, 1.807) is 26.0 Å². The lowest BCUT2D eigenvalue weighted by Crippen LogP contribution is -2.42. The standard InChI is InChI=1S/C16H21BrN2O5/c1-4-18-14(20)9-19(5-2)15(21)10-24-16(22)12-8-11(23-3)6-7-13(12)17/h6-8H,4-5,9-10H2,1-3H3,(H,18,20). The van der Waals surface area contributed by atoms with Crippen molar-refractivity contribution in [1.29, 1.82) is 0 Å². The van der Waals surface area contributed by atoms with Gasteiger partial charge in [-0.2, -0.15) is 0 Å². The van der Waals surface area contributed by atoms with Crippen LogP contribution in [0.4, 0.5) is 0 Å². The van der Waals surface area contributed by atoms with E-state index in [9.17, 15) is 14.4 Å². The van der Waals surface area contributed by atoms with Gasteiger partial charge in [0.05, 0.1) is 19.2 Å². The predicted octanol–water partition coefficient (Wildman–Crippen LogP) is 1.60. The van der Waals surface area contributed by atoms with E-state index in [0.717, 1.165) is 0 Å². The van der Waals surface area contributed by atoms with Crippen LogP contribution in [0.5, 0.6) is 5.75 Å². The van der Waals surface area contributed by atoms with Crippen molar-refractivity contribution in [2.45, 2.75) is 13.8 Å². The van der Waals surface area contributed by atoms with Gasteiger partial charge in [0.15, 0.2) is 6.61 Å². The maximum atomic E-state index is 12.1. The zero-order chi connectivity index (χ0) is 18.1. The molecule has 24 heavy (non-hydrogen) atoms. The number of likely N-dealkylation sites (N-methyl/N-ethyl adjacent to an activating group) is 2. The van der Waals surface area contributed by atoms with E-state index in [1.165, 1.54) is 18.1 Å². The van der Waals surface area contributed by atoms with E-state index in [2.05, 4.69) is 21.2 Å². The second-order valence-corrected chi connectivity index (χ2v) is 5.64. The molecule has 1 rings (SSSR count). The fourth-order valence-electron chi connectivity index (χ4n) is 1.89. The second kappa shape index (κ2) is 9.92. The molecule has 0 saturated heterocycles. The number of nitrogens with zero attached hydrogens (tertiary/aromatic N) is 1. The van der Waals surface area contributed by atoms with Gasteiger partial charge >= 0.3 is 5.97 Å². The van der Waals surface area contributed by atoms with E-state index in [1.807, 2.05) is 0 Å². The highest BCUT2D eigenvalue weighted by molar-refractivity contribution is 9.10. The summed E-state index contributed by atoms with van der Waals surface area (Å²) >= 11 is 3.26. The first-order chi connectivity index (χ1) is 11.4. The molecule has 0 atom stereocenters. The largest absolute Gasteiger partial charge is 0.497 e. The molecule has 0 radical (unpaired) electrons.